The van der Waals surface area contributed by atoms with Crippen LogP contribution in [0.5, 0.6) is 0 Å². The molecule has 1 fully saturated rings. The monoisotopic (exact) mass is 408 g/mol. The number of amides is 2. The lowest BCUT2D eigenvalue weighted by Gasteiger charge is -2.26. The molecule has 1 N–H and O–H groups in total. The molecule has 29 heavy (non-hydrogen) atoms. The van der Waals surface area contributed by atoms with Crippen LogP contribution >= 0.6 is 11.3 Å². The molecule has 1 aliphatic heterocycles. The van der Waals surface area contributed by atoms with Crippen LogP contribution in [0.1, 0.15) is 23.4 Å². The van der Waals surface area contributed by atoms with E-state index in [4.69, 9.17) is 4.74 Å². The number of pyridine rings is 1. The molecule has 4 rings (SSSR count). The molecule has 7 heteroatoms. The molecule has 1 aromatic carbocycles. The average molecular weight is 409 g/mol. The van der Waals surface area contributed by atoms with Crippen LogP contribution in [-0.4, -0.2) is 40.2 Å². The summed E-state index contributed by atoms with van der Waals surface area (Å²) in [5.74, 6) is 0. The summed E-state index contributed by atoms with van der Waals surface area (Å²) in [6.07, 6.45) is 5.64. The first kappa shape index (κ1) is 19.5. The number of hydrogen-bond donors (Lipinski definition) is 1. The van der Waals surface area contributed by atoms with E-state index in [0.29, 0.717) is 13.1 Å². The summed E-state index contributed by atoms with van der Waals surface area (Å²) in [7, 11) is 0. The molecule has 1 aliphatic rings. The van der Waals surface area contributed by atoms with Crippen LogP contribution in [0.3, 0.4) is 0 Å². The van der Waals surface area contributed by atoms with Crippen molar-refractivity contribution in [2.45, 2.75) is 32.4 Å². The van der Waals surface area contributed by atoms with Crippen LogP contribution < -0.4 is 5.32 Å². The highest BCUT2D eigenvalue weighted by molar-refractivity contribution is 7.09. The quantitative estimate of drug-likeness (QED) is 0.640. The molecule has 0 unspecified atom stereocenters. The number of benzene rings is 1. The number of carbonyl (C=O) groups is 1. The van der Waals surface area contributed by atoms with Gasteiger partial charge >= 0.3 is 6.03 Å². The SMILES string of the molecule is Cc1nc(-c2cccc(NC(=O)N(Cc3cccnc3)C[C@H]3CCCO3)c2)cs1. The van der Waals surface area contributed by atoms with Gasteiger partial charge in [0, 0.05) is 48.7 Å². The van der Waals surface area contributed by atoms with Gasteiger partial charge in [0.1, 0.15) is 0 Å². The number of thiazole rings is 1. The Balaban J connectivity index is 1.49. The Morgan fingerprint density at radius 1 is 1.34 bits per heavy atom. The summed E-state index contributed by atoms with van der Waals surface area (Å²) in [6, 6.07) is 11.5. The van der Waals surface area contributed by atoms with Gasteiger partial charge in [-0.1, -0.05) is 18.2 Å². The number of urea groups is 1. The minimum Gasteiger partial charge on any atom is -0.376 e. The molecule has 0 aliphatic carbocycles. The van der Waals surface area contributed by atoms with Gasteiger partial charge in [-0.3, -0.25) is 4.98 Å². The summed E-state index contributed by atoms with van der Waals surface area (Å²) in [6.45, 7) is 3.81. The fourth-order valence-electron chi connectivity index (χ4n) is 3.42. The second kappa shape index (κ2) is 9.15. The van der Waals surface area contributed by atoms with Crippen molar-refractivity contribution in [3.8, 4) is 11.3 Å². The Kier molecular flexibility index (Phi) is 6.17. The highest BCUT2D eigenvalue weighted by atomic mass is 32.1. The molecule has 3 heterocycles. The third-order valence-corrected chi connectivity index (χ3v) is 5.63. The highest BCUT2D eigenvalue weighted by Gasteiger charge is 2.23. The van der Waals surface area contributed by atoms with Crippen LogP contribution in [0, 0.1) is 6.92 Å². The van der Waals surface area contributed by atoms with Gasteiger partial charge in [0.2, 0.25) is 0 Å². The normalized spacial score (nSPS) is 16.0. The van der Waals surface area contributed by atoms with Gasteiger partial charge < -0.3 is 15.0 Å². The van der Waals surface area contributed by atoms with E-state index in [2.05, 4.69) is 15.3 Å². The van der Waals surface area contributed by atoms with E-state index >= 15 is 0 Å². The lowest BCUT2D eigenvalue weighted by Crippen LogP contribution is -2.39. The largest absolute Gasteiger partial charge is 0.376 e. The lowest BCUT2D eigenvalue weighted by molar-refractivity contribution is 0.0819. The van der Waals surface area contributed by atoms with Crippen molar-refractivity contribution in [2.24, 2.45) is 0 Å². The molecule has 2 aromatic heterocycles. The van der Waals surface area contributed by atoms with E-state index in [1.54, 1.807) is 28.6 Å². The van der Waals surface area contributed by atoms with E-state index in [-0.39, 0.29) is 12.1 Å². The summed E-state index contributed by atoms with van der Waals surface area (Å²) < 4.78 is 5.76. The maximum Gasteiger partial charge on any atom is 0.322 e. The van der Waals surface area contributed by atoms with Crippen LogP contribution in [0.25, 0.3) is 11.3 Å². The molecule has 1 atom stereocenters. The van der Waals surface area contributed by atoms with Gasteiger partial charge in [-0.05, 0) is 43.5 Å². The number of aryl methyl sites for hydroxylation is 1. The highest BCUT2D eigenvalue weighted by Crippen LogP contribution is 2.24. The van der Waals surface area contributed by atoms with Gasteiger partial charge in [-0.15, -0.1) is 11.3 Å². The van der Waals surface area contributed by atoms with Crippen LogP contribution in [0.2, 0.25) is 0 Å². The number of nitrogens with one attached hydrogen (secondary N) is 1. The van der Waals surface area contributed by atoms with Crippen molar-refractivity contribution >= 4 is 23.1 Å². The van der Waals surface area contributed by atoms with Crippen molar-refractivity contribution in [1.29, 1.82) is 0 Å². The summed E-state index contributed by atoms with van der Waals surface area (Å²) in [5, 5.41) is 6.09. The maximum atomic E-state index is 13.1. The van der Waals surface area contributed by atoms with Crippen molar-refractivity contribution in [3.05, 3.63) is 64.7 Å². The molecule has 0 bridgehead atoms. The minimum atomic E-state index is -0.143. The fraction of sp³-hybridized carbons (Fsp3) is 0.318. The third-order valence-electron chi connectivity index (χ3n) is 4.86. The van der Waals surface area contributed by atoms with Gasteiger partial charge in [0.25, 0.3) is 0 Å². The van der Waals surface area contributed by atoms with Gasteiger partial charge in [-0.25, -0.2) is 9.78 Å². The zero-order valence-electron chi connectivity index (χ0n) is 16.4. The van der Waals surface area contributed by atoms with Crippen molar-refractivity contribution < 1.29 is 9.53 Å². The predicted molar refractivity (Wildman–Crippen MR) is 115 cm³/mol. The van der Waals surface area contributed by atoms with E-state index in [0.717, 1.165) is 47.0 Å². The molecule has 0 spiro atoms. The Bertz CT molecular complexity index is 954. The van der Waals surface area contributed by atoms with Gasteiger partial charge in [-0.2, -0.15) is 0 Å². The van der Waals surface area contributed by atoms with E-state index < -0.39 is 0 Å². The standard InChI is InChI=1S/C22H24N4O2S/c1-16-24-21(15-29-16)18-6-2-7-19(11-18)25-22(27)26(14-20-8-4-10-28-20)13-17-5-3-9-23-12-17/h2-3,5-7,9,11-12,15,20H,4,8,10,13-14H2,1H3,(H,25,27)/t20-/m1/s1. The van der Waals surface area contributed by atoms with Crippen molar-refractivity contribution in [2.75, 3.05) is 18.5 Å². The van der Waals surface area contributed by atoms with Crippen LogP contribution in [-0.2, 0) is 11.3 Å². The smallest absolute Gasteiger partial charge is 0.322 e. The number of aromatic nitrogens is 2. The lowest BCUT2D eigenvalue weighted by atomic mass is 10.1. The Labute approximate surface area is 174 Å². The Morgan fingerprint density at radius 2 is 2.28 bits per heavy atom. The van der Waals surface area contributed by atoms with E-state index in [1.165, 1.54) is 0 Å². The topological polar surface area (TPSA) is 67.4 Å². The summed E-state index contributed by atoms with van der Waals surface area (Å²) >= 11 is 1.62. The first-order valence-corrected chi connectivity index (χ1v) is 10.6. The first-order chi connectivity index (χ1) is 14.2. The molecule has 0 saturated carbocycles. The number of ether oxygens (including phenoxy) is 1. The second-order valence-corrected chi connectivity index (χ2v) is 8.20. The van der Waals surface area contributed by atoms with Crippen molar-refractivity contribution in [3.63, 3.8) is 0 Å². The molecule has 3 aromatic rings. The van der Waals surface area contributed by atoms with Crippen LogP contribution in [0.15, 0.2) is 54.2 Å². The predicted octanol–water partition coefficient (Wildman–Crippen LogP) is 4.73. The van der Waals surface area contributed by atoms with Gasteiger partial charge in [0.05, 0.1) is 16.8 Å². The molecule has 2 amide bonds. The maximum absolute atomic E-state index is 13.1. The number of anilines is 1. The Hall–Kier alpha value is -2.77. The first-order valence-electron chi connectivity index (χ1n) is 9.76. The average Bonchev–Trinajstić information content (AvgIpc) is 3.40. The van der Waals surface area contributed by atoms with Crippen molar-refractivity contribution in [1.82, 2.24) is 14.9 Å². The minimum absolute atomic E-state index is 0.0849. The van der Waals surface area contributed by atoms with E-state index in [1.807, 2.05) is 48.7 Å². The zero-order valence-corrected chi connectivity index (χ0v) is 17.2. The summed E-state index contributed by atoms with van der Waals surface area (Å²) in [5.41, 5.74) is 3.66. The second-order valence-electron chi connectivity index (χ2n) is 7.14. The molecule has 6 nitrogen and oxygen atoms in total. The zero-order chi connectivity index (χ0) is 20.1. The van der Waals surface area contributed by atoms with E-state index in [9.17, 15) is 4.79 Å². The number of hydrogen-bond acceptors (Lipinski definition) is 5. The molecule has 150 valence electrons. The Morgan fingerprint density at radius 3 is 3.00 bits per heavy atom. The molecule has 0 radical (unpaired) electrons. The number of carbonyl (C=O) groups excluding carboxylic acids is 1. The molecular weight excluding hydrogens is 384 g/mol. The molecule has 1 saturated heterocycles. The third kappa shape index (κ3) is 5.19. The number of nitrogens with zero attached hydrogens (tertiary/aromatic N) is 3. The molecular formula is C22H24N4O2S. The summed E-state index contributed by atoms with van der Waals surface area (Å²) in [4.78, 5) is 23.6. The number of rotatable bonds is 6. The van der Waals surface area contributed by atoms with Gasteiger partial charge in [0.15, 0.2) is 0 Å². The fourth-order valence-corrected chi connectivity index (χ4v) is 4.04. The van der Waals surface area contributed by atoms with Crippen LogP contribution in [0.4, 0.5) is 10.5 Å².